The second-order valence-electron chi connectivity index (χ2n) is 5.35. The number of amides is 1. The Hall–Kier alpha value is -2.31. The van der Waals surface area contributed by atoms with E-state index in [0.717, 1.165) is 5.46 Å². The van der Waals surface area contributed by atoms with Crippen molar-refractivity contribution in [1.29, 1.82) is 0 Å². The molecule has 3 rings (SSSR count). The first kappa shape index (κ1) is 15.6. The summed E-state index contributed by atoms with van der Waals surface area (Å²) in [6.07, 6.45) is -0.121. The van der Waals surface area contributed by atoms with Crippen molar-refractivity contribution in [2.45, 2.75) is 13.0 Å². The third-order valence-electron chi connectivity index (χ3n) is 3.41. The second kappa shape index (κ2) is 7.31. The number of rotatable bonds is 5. The van der Waals surface area contributed by atoms with Gasteiger partial charge in [-0.25, -0.2) is 0 Å². The quantitative estimate of drug-likeness (QED) is 0.856. The number of carbonyl (C=O) groups is 1. The molecule has 1 aliphatic heterocycles. The maximum absolute atomic E-state index is 11.1. The first-order valence-corrected chi connectivity index (χ1v) is 7.53. The van der Waals surface area contributed by atoms with Crippen LogP contribution in [0.25, 0.3) is 0 Å². The summed E-state index contributed by atoms with van der Waals surface area (Å²) >= 11 is 0. The molecule has 0 saturated carbocycles. The molecule has 5 nitrogen and oxygen atoms in total. The molecular weight excluding hydrogens is 293 g/mol. The van der Waals surface area contributed by atoms with Gasteiger partial charge in [0, 0.05) is 18.7 Å². The van der Waals surface area contributed by atoms with E-state index in [1.54, 1.807) is 6.07 Å². The fourth-order valence-corrected chi connectivity index (χ4v) is 2.38. The molecule has 1 amide bonds. The minimum Gasteiger partial charge on any atom is -0.491 e. The fourth-order valence-electron chi connectivity index (χ4n) is 2.38. The SMILES string of the molecule is CC(=O)Nc1cccc(OCC2COB(c3ccccc3)O2)c1. The summed E-state index contributed by atoms with van der Waals surface area (Å²) in [6, 6.07) is 17.1. The van der Waals surface area contributed by atoms with Crippen molar-refractivity contribution in [2.75, 3.05) is 18.5 Å². The molecule has 1 saturated heterocycles. The molecule has 1 heterocycles. The number of benzene rings is 2. The van der Waals surface area contributed by atoms with E-state index < -0.39 is 0 Å². The van der Waals surface area contributed by atoms with Crippen LogP contribution in [-0.4, -0.2) is 32.3 Å². The molecule has 1 N–H and O–H groups in total. The molecule has 1 atom stereocenters. The molecule has 1 aliphatic rings. The molecule has 6 heteroatoms. The standard InChI is InChI=1S/C17H18BNO4/c1-13(20)19-15-8-5-9-16(10-15)21-11-17-12-22-18(23-17)14-6-3-2-4-7-14/h2-10,17H,11-12H2,1H3,(H,19,20). The van der Waals surface area contributed by atoms with E-state index in [1.807, 2.05) is 48.5 Å². The number of ether oxygens (including phenoxy) is 1. The highest BCUT2D eigenvalue weighted by Crippen LogP contribution is 2.18. The predicted octanol–water partition coefficient (Wildman–Crippen LogP) is 1.83. The Kier molecular flexibility index (Phi) is 4.95. The van der Waals surface area contributed by atoms with Crippen LogP contribution in [0.4, 0.5) is 5.69 Å². The van der Waals surface area contributed by atoms with Crippen LogP contribution in [0.1, 0.15) is 6.92 Å². The Morgan fingerprint density at radius 1 is 1.26 bits per heavy atom. The molecule has 118 valence electrons. The lowest BCUT2D eigenvalue weighted by molar-refractivity contribution is -0.114. The van der Waals surface area contributed by atoms with Crippen molar-refractivity contribution in [3.63, 3.8) is 0 Å². The second-order valence-corrected chi connectivity index (χ2v) is 5.35. The van der Waals surface area contributed by atoms with Crippen LogP contribution in [0.3, 0.4) is 0 Å². The van der Waals surface area contributed by atoms with Crippen LogP contribution in [0.15, 0.2) is 54.6 Å². The van der Waals surface area contributed by atoms with Crippen molar-refractivity contribution < 1.29 is 18.8 Å². The van der Waals surface area contributed by atoms with Gasteiger partial charge >= 0.3 is 7.12 Å². The van der Waals surface area contributed by atoms with Gasteiger partial charge in [0.2, 0.25) is 5.91 Å². The van der Waals surface area contributed by atoms with Crippen molar-refractivity contribution in [1.82, 2.24) is 0 Å². The van der Waals surface area contributed by atoms with Crippen molar-refractivity contribution in [3.05, 3.63) is 54.6 Å². The van der Waals surface area contributed by atoms with Crippen LogP contribution in [-0.2, 0) is 14.1 Å². The van der Waals surface area contributed by atoms with Crippen LogP contribution < -0.4 is 15.5 Å². The minimum atomic E-state index is -0.337. The largest absolute Gasteiger partial charge is 0.494 e. The summed E-state index contributed by atoms with van der Waals surface area (Å²) in [5, 5.41) is 2.73. The predicted molar refractivity (Wildman–Crippen MR) is 88.9 cm³/mol. The van der Waals surface area contributed by atoms with Crippen LogP contribution in [0, 0.1) is 0 Å². The van der Waals surface area contributed by atoms with Gasteiger partial charge in [0.1, 0.15) is 12.4 Å². The van der Waals surface area contributed by atoms with Gasteiger partial charge in [0.25, 0.3) is 0 Å². The minimum absolute atomic E-state index is 0.111. The molecule has 2 aromatic carbocycles. The highest BCUT2D eigenvalue weighted by atomic mass is 16.7. The summed E-state index contributed by atoms with van der Waals surface area (Å²) < 4.78 is 17.2. The van der Waals surface area contributed by atoms with Gasteiger partial charge in [-0.2, -0.15) is 0 Å². The molecule has 1 fully saturated rings. The Labute approximate surface area is 135 Å². The van der Waals surface area contributed by atoms with Gasteiger partial charge < -0.3 is 19.4 Å². The van der Waals surface area contributed by atoms with E-state index in [2.05, 4.69) is 5.32 Å². The Bertz CT molecular complexity index is 665. The lowest BCUT2D eigenvalue weighted by Crippen LogP contribution is -2.33. The van der Waals surface area contributed by atoms with E-state index >= 15 is 0 Å². The lowest BCUT2D eigenvalue weighted by Gasteiger charge is -2.12. The van der Waals surface area contributed by atoms with Gasteiger partial charge in [-0.15, -0.1) is 0 Å². The summed E-state index contributed by atoms with van der Waals surface area (Å²) in [4.78, 5) is 11.1. The highest BCUT2D eigenvalue weighted by molar-refractivity contribution is 6.61. The Balaban J connectivity index is 1.52. The van der Waals surface area contributed by atoms with Crippen LogP contribution in [0.2, 0.25) is 0 Å². The zero-order valence-corrected chi connectivity index (χ0v) is 12.9. The molecule has 23 heavy (non-hydrogen) atoms. The van der Waals surface area contributed by atoms with E-state index in [0.29, 0.717) is 24.7 Å². The summed E-state index contributed by atoms with van der Waals surface area (Å²) in [7, 11) is -0.337. The van der Waals surface area contributed by atoms with Crippen molar-refractivity contribution in [3.8, 4) is 5.75 Å². The number of hydrogen-bond donors (Lipinski definition) is 1. The number of nitrogens with one attached hydrogen (secondary N) is 1. The van der Waals surface area contributed by atoms with Crippen molar-refractivity contribution >= 4 is 24.2 Å². The summed E-state index contributed by atoms with van der Waals surface area (Å²) in [6.45, 7) is 2.36. The molecule has 0 spiro atoms. The van der Waals surface area contributed by atoms with Gasteiger partial charge in [-0.05, 0) is 17.6 Å². The number of hydrogen-bond acceptors (Lipinski definition) is 4. The van der Waals surface area contributed by atoms with Gasteiger partial charge in [0.15, 0.2) is 0 Å². The molecule has 0 aliphatic carbocycles. The molecule has 1 unspecified atom stereocenters. The molecule has 2 aromatic rings. The van der Waals surface area contributed by atoms with Crippen LogP contribution in [0.5, 0.6) is 5.75 Å². The van der Waals surface area contributed by atoms with Crippen LogP contribution >= 0.6 is 0 Å². The van der Waals surface area contributed by atoms with E-state index in [4.69, 9.17) is 14.0 Å². The smallest absolute Gasteiger partial charge is 0.491 e. The third kappa shape index (κ3) is 4.34. The maximum Gasteiger partial charge on any atom is 0.494 e. The maximum atomic E-state index is 11.1. The van der Waals surface area contributed by atoms with Gasteiger partial charge in [-0.1, -0.05) is 36.4 Å². The Morgan fingerprint density at radius 2 is 2.09 bits per heavy atom. The normalized spacial score (nSPS) is 17.1. The average molecular weight is 311 g/mol. The first-order valence-electron chi connectivity index (χ1n) is 7.53. The monoisotopic (exact) mass is 311 g/mol. The summed E-state index contributed by atoms with van der Waals surface area (Å²) in [5.74, 6) is 0.573. The van der Waals surface area contributed by atoms with Gasteiger partial charge in [0.05, 0.1) is 12.7 Å². The number of carbonyl (C=O) groups excluding carboxylic acids is 1. The average Bonchev–Trinajstić information content (AvgIpc) is 3.02. The molecular formula is C17H18BNO4. The van der Waals surface area contributed by atoms with Crippen molar-refractivity contribution in [2.24, 2.45) is 0 Å². The molecule has 0 radical (unpaired) electrons. The van der Waals surface area contributed by atoms with E-state index in [1.165, 1.54) is 6.92 Å². The fraction of sp³-hybridized carbons (Fsp3) is 0.235. The molecule has 0 bridgehead atoms. The van der Waals surface area contributed by atoms with E-state index in [9.17, 15) is 4.79 Å². The summed E-state index contributed by atoms with van der Waals surface area (Å²) in [5.41, 5.74) is 1.71. The molecule has 0 aromatic heterocycles. The Morgan fingerprint density at radius 3 is 2.87 bits per heavy atom. The topological polar surface area (TPSA) is 56.8 Å². The van der Waals surface area contributed by atoms with Gasteiger partial charge in [-0.3, -0.25) is 4.79 Å². The first-order chi connectivity index (χ1) is 11.2. The number of anilines is 1. The highest BCUT2D eigenvalue weighted by Gasteiger charge is 2.33. The van der Waals surface area contributed by atoms with E-state index in [-0.39, 0.29) is 19.1 Å². The third-order valence-corrected chi connectivity index (χ3v) is 3.41. The zero-order chi connectivity index (χ0) is 16.1. The zero-order valence-electron chi connectivity index (χ0n) is 12.9. The lowest BCUT2D eigenvalue weighted by atomic mass is 9.79.